The summed E-state index contributed by atoms with van der Waals surface area (Å²) >= 11 is 5.76. The monoisotopic (exact) mass is 244 g/mol. The molecule has 2 amide bonds. The highest BCUT2D eigenvalue weighted by Crippen LogP contribution is 2.15. The Balaban J connectivity index is 2.60. The molecule has 0 aliphatic carbocycles. The number of halogens is 2. The van der Waals surface area contributed by atoms with Gasteiger partial charge >= 0.3 is 6.03 Å². The summed E-state index contributed by atoms with van der Waals surface area (Å²) < 4.78 is 13.3. The van der Waals surface area contributed by atoms with Crippen molar-refractivity contribution in [3.8, 4) is 0 Å². The van der Waals surface area contributed by atoms with Crippen LogP contribution in [0.4, 0.5) is 9.18 Å². The molecule has 0 radical (unpaired) electrons. The largest absolute Gasteiger partial charge is 0.341 e. The number of rotatable bonds is 3. The fourth-order valence-electron chi connectivity index (χ4n) is 1.32. The van der Waals surface area contributed by atoms with Gasteiger partial charge in [-0.1, -0.05) is 11.6 Å². The number of amides is 2. The summed E-state index contributed by atoms with van der Waals surface area (Å²) in [7, 11) is 3.21. The number of hydrogen-bond donors (Lipinski definition) is 1. The molecule has 0 aromatic heterocycles. The van der Waals surface area contributed by atoms with Crippen molar-refractivity contribution >= 4 is 17.6 Å². The molecule has 0 bridgehead atoms. The number of likely N-dealkylation sites (N-methyl/N-ethyl adjacent to an activating group) is 1. The van der Waals surface area contributed by atoms with Gasteiger partial charge in [0.2, 0.25) is 0 Å². The zero-order chi connectivity index (χ0) is 12.1. The van der Waals surface area contributed by atoms with Gasteiger partial charge in [-0.15, -0.1) is 0 Å². The summed E-state index contributed by atoms with van der Waals surface area (Å²) in [6.07, 6.45) is 0.441. The number of nitrogens with zero attached hydrogens (tertiary/aromatic N) is 1. The molecular formula is C11H14ClFN2O. The van der Waals surface area contributed by atoms with Crippen LogP contribution in [0.25, 0.3) is 0 Å². The van der Waals surface area contributed by atoms with Gasteiger partial charge in [0.25, 0.3) is 0 Å². The quantitative estimate of drug-likeness (QED) is 0.870. The first kappa shape index (κ1) is 12.8. The zero-order valence-corrected chi connectivity index (χ0v) is 10.0. The average molecular weight is 245 g/mol. The van der Waals surface area contributed by atoms with E-state index >= 15 is 0 Å². The SMILES string of the molecule is CNC(=O)N(C)CCc1cc(Cl)ccc1F. The third-order valence-electron chi connectivity index (χ3n) is 2.28. The Kier molecular flexibility index (Phi) is 4.55. The number of hydrogen-bond acceptors (Lipinski definition) is 1. The van der Waals surface area contributed by atoms with E-state index < -0.39 is 0 Å². The second-order valence-corrected chi connectivity index (χ2v) is 3.90. The van der Waals surface area contributed by atoms with Crippen LogP contribution in [0.3, 0.4) is 0 Å². The molecule has 0 fully saturated rings. The van der Waals surface area contributed by atoms with Crippen molar-refractivity contribution < 1.29 is 9.18 Å². The lowest BCUT2D eigenvalue weighted by Crippen LogP contribution is -2.36. The first-order valence-corrected chi connectivity index (χ1v) is 5.29. The second-order valence-electron chi connectivity index (χ2n) is 3.46. The van der Waals surface area contributed by atoms with Crippen LogP contribution in [0, 0.1) is 5.82 Å². The van der Waals surface area contributed by atoms with Crippen LogP contribution in [-0.2, 0) is 6.42 Å². The number of carbonyl (C=O) groups excluding carboxylic acids is 1. The Hall–Kier alpha value is -1.29. The van der Waals surface area contributed by atoms with Crippen LogP contribution in [0.1, 0.15) is 5.56 Å². The molecule has 0 aliphatic rings. The molecule has 5 heteroatoms. The van der Waals surface area contributed by atoms with Gasteiger partial charge in [0.05, 0.1) is 0 Å². The van der Waals surface area contributed by atoms with Gasteiger partial charge in [-0.05, 0) is 30.2 Å². The minimum Gasteiger partial charge on any atom is -0.341 e. The minimum atomic E-state index is -0.297. The summed E-state index contributed by atoms with van der Waals surface area (Å²) in [6, 6.07) is 4.22. The van der Waals surface area contributed by atoms with E-state index in [0.717, 1.165) is 0 Å². The summed E-state index contributed by atoms with van der Waals surface area (Å²) in [5.41, 5.74) is 0.517. The summed E-state index contributed by atoms with van der Waals surface area (Å²) in [4.78, 5) is 12.7. The number of urea groups is 1. The van der Waals surface area contributed by atoms with Crippen LogP contribution >= 0.6 is 11.6 Å². The van der Waals surface area contributed by atoms with Gasteiger partial charge in [-0.2, -0.15) is 0 Å². The normalized spacial score (nSPS) is 10.0. The van der Waals surface area contributed by atoms with Gasteiger partial charge in [-0.3, -0.25) is 0 Å². The number of nitrogens with one attached hydrogen (secondary N) is 1. The maximum Gasteiger partial charge on any atom is 0.316 e. The van der Waals surface area contributed by atoms with Gasteiger partial charge in [-0.25, -0.2) is 9.18 Å². The molecule has 0 spiro atoms. The molecule has 0 aliphatic heterocycles. The molecule has 1 aromatic rings. The van der Waals surface area contributed by atoms with Gasteiger partial charge in [0.1, 0.15) is 5.82 Å². The summed E-state index contributed by atoms with van der Waals surface area (Å²) in [6.45, 7) is 0.441. The third kappa shape index (κ3) is 3.38. The predicted octanol–water partition coefficient (Wildman–Crippen LogP) is 2.29. The lowest BCUT2D eigenvalue weighted by Gasteiger charge is -2.16. The minimum absolute atomic E-state index is 0.192. The molecule has 1 rings (SSSR count). The predicted molar refractivity (Wildman–Crippen MR) is 62.2 cm³/mol. The zero-order valence-electron chi connectivity index (χ0n) is 9.26. The summed E-state index contributed by atoms with van der Waals surface area (Å²) in [5, 5.41) is 2.99. The molecule has 16 heavy (non-hydrogen) atoms. The van der Waals surface area contributed by atoms with Gasteiger partial charge < -0.3 is 10.2 Å². The van der Waals surface area contributed by atoms with Crippen molar-refractivity contribution in [1.82, 2.24) is 10.2 Å². The molecular weight excluding hydrogens is 231 g/mol. The van der Waals surface area contributed by atoms with Crippen LogP contribution in [0.2, 0.25) is 5.02 Å². The van der Waals surface area contributed by atoms with E-state index in [2.05, 4.69) is 5.32 Å². The van der Waals surface area contributed by atoms with Gasteiger partial charge in [0, 0.05) is 25.7 Å². The van der Waals surface area contributed by atoms with Crippen LogP contribution in [0.15, 0.2) is 18.2 Å². The molecule has 0 saturated heterocycles. The van der Waals surface area contributed by atoms with Crippen molar-refractivity contribution in [3.63, 3.8) is 0 Å². The molecule has 0 atom stereocenters. The first-order chi connectivity index (χ1) is 7.54. The van der Waals surface area contributed by atoms with Crippen molar-refractivity contribution in [2.75, 3.05) is 20.6 Å². The number of carbonyl (C=O) groups is 1. The highest BCUT2D eigenvalue weighted by atomic mass is 35.5. The maximum absolute atomic E-state index is 13.3. The van der Waals surface area contributed by atoms with E-state index in [4.69, 9.17) is 11.6 Å². The Morgan fingerprint density at radius 2 is 2.25 bits per heavy atom. The molecule has 1 N–H and O–H groups in total. The Morgan fingerprint density at radius 1 is 1.56 bits per heavy atom. The topological polar surface area (TPSA) is 32.3 Å². The first-order valence-electron chi connectivity index (χ1n) is 4.91. The van der Waals surface area contributed by atoms with Crippen molar-refractivity contribution in [3.05, 3.63) is 34.6 Å². The highest BCUT2D eigenvalue weighted by molar-refractivity contribution is 6.30. The van der Waals surface area contributed by atoms with Crippen LogP contribution < -0.4 is 5.32 Å². The molecule has 88 valence electrons. The molecule has 1 aromatic carbocycles. The molecule has 0 saturated carbocycles. The maximum atomic E-state index is 13.3. The smallest absolute Gasteiger partial charge is 0.316 e. The van der Waals surface area contributed by atoms with Gasteiger partial charge in [0.15, 0.2) is 0 Å². The van der Waals surface area contributed by atoms with Crippen molar-refractivity contribution in [1.29, 1.82) is 0 Å². The van der Waals surface area contributed by atoms with E-state index in [0.29, 0.717) is 23.6 Å². The van der Waals surface area contributed by atoms with E-state index in [9.17, 15) is 9.18 Å². The standard InChI is InChI=1S/C11H14ClFN2O/c1-14-11(16)15(2)6-5-8-7-9(12)3-4-10(8)13/h3-4,7H,5-6H2,1-2H3,(H,14,16). The molecule has 0 heterocycles. The van der Waals surface area contributed by atoms with Crippen molar-refractivity contribution in [2.24, 2.45) is 0 Å². The van der Waals surface area contributed by atoms with E-state index in [1.165, 1.54) is 17.0 Å². The highest BCUT2D eigenvalue weighted by Gasteiger charge is 2.08. The molecule has 3 nitrogen and oxygen atoms in total. The average Bonchev–Trinajstić information content (AvgIpc) is 2.28. The molecule has 0 unspecified atom stereocenters. The fourth-order valence-corrected chi connectivity index (χ4v) is 1.51. The fraction of sp³-hybridized carbons (Fsp3) is 0.364. The van der Waals surface area contributed by atoms with E-state index in [-0.39, 0.29) is 11.8 Å². The Labute approximate surface area is 99.2 Å². The lowest BCUT2D eigenvalue weighted by atomic mass is 10.1. The van der Waals surface area contributed by atoms with Crippen molar-refractivity contribution in [2.45, 2.75) is 6.42 Å². The Morgan fingerprint density at radius 3 is 2.88 bits per heavy atom. The second kappa shape index (κ2) is 5.70. The number of benzene rings is 1. The van der Waals surface area contributed by atoms with Crippen LogP contribution in [-0.4, -0.2) is 31.6 Å². The Bertz CT molecular complexity index is 384. The third-order valence-corrected chi connectivity index (χ3v) is 2.52. The van der Waals surface area contributed by atoms with E-state index in [1.54, 1.807) is 20.2 Å². The summed E-state index contributed by atoms with van der Waals surface area (Å²) in [5.74, 6) is -0.297. The van der Waals surface area contributed by atoms with E-state index in [1.807, 2.05) is 0 Å². The lowest BCUT2D eigenvalue weighted by molar-refractivity contribution is 0.211. The van der Waals surface area contributed by atoms with Crippen LogP contribution in [0.5, 0.6) is 0 Å².